The molecule has 1 atom stereocenters. The SMILES string of the molecule is O[C@H](COc1ccccc1)CN(Cc1ccc(F)cc1)Cc1ccco1. The van der Waals surface area contributed by atoms with Gasteiger partial charge in [0.25, 0.3) is 0 Å². The summed E-state index contributed by atoms with van der Waals surface area (Å²) in [7, 11) is 0. The van der Waals surface area contributed by atoms with E-state index in [-0.39, 0.29) is 12.4 Å². The number of ether oxygens (including phenoxy) is 1. The maximum atomic E-state index is 13.1. The van der Waals surface area contributed by atoms with Crippen LogP contribution in [0.25, 0.3) is 0 Å². The summed E-state index contributed by atoms with van der Waals surface area (Å²) in [6.45, 7) is 1.73. The number of benzene rings is 2. The summed E-state index contributed by atoms with van der Waals surface area (Å²) in [5.74, 6) is 1.27. The van der Waals surface area contributed by atoms with Gasteiger partial charge >= 0.3 is 0 Å². The Balaban J connectivity index is 1.59. The molecule has 1 heterocycles. The van der Waals surface area contributed by atoms with Crippen molar-refractivity contribution in [2.75, 3.05) is 13.2 Å². The monoisotopic (exact) mass is 355 g/mol. The average molecular weight is 355 g/mol. The molecule has 0 radical (unpaired) electrons. The van der Waals surface area contributed by atoms with Crippen molar-refractivity contribution in [3.05, 3.63) is 90.1 Å². The van der Waals surface area contributed by atoms with Gasteiger partial charge < -0.3 is 14.3 Å². The highest BCUT2D eigenvalue weighted by molar-refractivity contribution is 5.21. The topological polar surface area (TPSA) is 45.8 Å². The van der Waals surface area contributed by atoms with Gasteiger partial charge in [-0.1, -0.05) is 30.3 Å². The lowest BCUT2D eigenvalue weighted by molar-refractivity contribution is 0.0604. The lowest BCUT2D eigenvalue weighted by Gasteiger charge is -2.24. The van der Waals surface area contributed by atoms with E-state index in [1.165, 1.54) is 12.1 Å². The molecule has 136 valence electrons. The normalized spacial score (nSPS) is 12.3. The quantitative estimate of drug-likeness (QED) is 0.633. The van der Waals surface area contributed by atoms with Gasteiger partial charge in [0.2, 0.25) is 0 Å². The number of aliphatic hydroxyl groups excluding tert-OH is 1. The number of para-hydroxylation sites is 1. The van der Waals surface area contributed by atoms with Gasteiger partial charge in [-0.25, -0.2) is 4.39 Å². The van der Waals surface area contributed by atoms with Crippen molar-refractivity contribution in [1.82, 2.24) is 4.90 Å². The molecule has 1 N–H and O–H groups in total. The molecule has 0 fully saturated rings. The minimum atomic E-state index is -0.661. The summed E-state index contributed by atoms with van der Waals surface area (Å²) in [6, 6.07) is 19.5. The molecular weight excluding hydrogens is 333 g/mol. The number of aliphatic hydroxyl groups is 1. The van der Waals surface area contributed by atoms with E-state index in [9.17, 15) is 9.50 Å². The van der Waals surface area contributed by atoms with Crippen molar-refractivity contribution < 1.29 is 18.7 Å². The lowest BCUT2D eigenvalue weighted by Crippen LogP contribution is -2.35. The number of furan rings is 1. The Morgan fingerprint density at radius 3 is 2.42 bits per heavy atom. The maximum Gasteiger partial charge on any atom is 0.123 e. The van der Waals surface area contributed by atoms with Crippen molar-refractivity contribution >= 4 is 0 Å². The van der Waals surface area contributed by atoms with E-state index >= 15 is 0 Å². The number of hydrogen-bond donors (Lipinski definition) is 1. The van der Waals surface area contributed by atoms with Gasteiger partial charge in [-0.3, -0.25) is 4.90 Å². The molecule has 26 heavy (non-hydrogen) atoms. The van der Waals surface area contributed by atoms with Crippen molar-refractivity contribution in [2.45, 2.75) is 19.2 Å². The summed E-state index contributed by atoms with van der Waals surface area (Å²) in [6.07, 6.45) is 0.964. The van der Waals surface area contributed by atoms with Crippen LogP contribution in [0.2, 0.25) is 0 Å². The molecule has 0 aliphatic rings. The van der Waals surface area contributed by atoms with Crippen molar-refractivity contribution in [3.8, 4) is 5.75 Å². The first-order valence-corrected chi connectivity index (χ1v) is 8.54. The second-order valence-corrected chi connectivity index (χ2v) is 6.15. The highest BCUT2D eigenvalue weighted by Crippen LogP contribution is 2.13. The highest BCUT2D eigenvalue weighted by atomic mass is 19.1. The summed E-state index contributed by atoms with van der Waals surface area (Å²) >= 11 is 0. The zero-order chi connectivity index (χ0) is 18.2. The molecule has 5 heteroatoms. The zero-order valence-electron chi connectivity index (χ0n) is 14.4. The van der Waals surface area contributed by atoms with E-state index in [2.05, 4.69) is 0 Å². The predicted octanol–water partition coefficient (Wildman–Crippen LogP) is 3.86. The van der Waals surface area contributed by atoms with Gasteiger partial charge in [-0.05, 0) is 42.0 Å². The number of nitrogens with zero attached hydrogens (tertiary/aromatic N) is 1. The second-order valence-electron chi connectivity index (χ2n) is 6.15. The van der Waals surface area contributed by atoms with Crippen LogP contribution in [-0.2, 0) is 13.1 Å². The Morgan fingerprint density at radius 2 is 1.73 bits per heavy atom. The van der Waals surface area contributed by atoms with E-state index in [0.29, 0.717) is 19.6 Å². The standard InChI is InChI=1S/C21H22FNO3/c22-18-10-8-17(9-11-18)13-23(15-21-7-4-12-25-21)14-19(24)16-26-20-5-2-1-3-6-20/h1-12,19,24H,13-16H2/t19-/m0/s1. The Labute approximate surface area is 152 Å². The molecule has 0 saturated heterocycles. The Bertz CT molecular complexity index is 760. The molecule has 0 bridgehead atoms. The molecule has 0 spiro atoms. The van der Waals surface area contributed by atoms with Crippen LogP contribution in [-0.4, -0.2) is 29.3 Å². The third-order valence-corrected chi connectivity index (χ3v) is 3.93. The highest BCUT2D eigenvalue weighted by Gasteiger charge is 2.15. The molecule has 0 aliphatic carbocycles. The van der Waals surface area contributed by atoms with Gasteiger partial charge in [0.05, 0.1) is 12.8 Å². The minimum absolute atomic E-state index is 0.197. The van der Waals surface area contributed by atoms with Crippen LogP contribution in [0.4, 0.5) is 4.39 Å². The predicted molar refractivity (Wildman–Crippen MR) is 97.2 cm³/mol. The van der Waals surface area contributed by atoms with E-state index < -0.39 is 6.10 Å². The number of hydrogen-bond acceptors (Lipinski definition) is 4. The van der Waals surface area contributed by atoms with Gasteiger partial charge in [0.1, 0.15) is 30.0 Å². The maximum absolute atomic E-state index is 13.1. The Hall–Kier alpha value is -2.63. The molecule has 3 aromatic rings. The van der Waals surface area contributed by atoms with Crippen molar-refractivity contribution in [2.24, 2.45) is 0 Å². The van der Waals surface area contributed by atoms with Crippen LogP contribution >= 0.6 is 0 Å². The van der Waals surface area contributed by atoms with Crippen LogP contribution < -0.4 is 4.74 Å². The molecule has 2 aromatic carbocycles. The second kappa shape index (κ2) is 9.17. The first-order valence-electron chi connectivity index (χ1n) is 8.54. The molecule has 0 amide bonds. The Morgan fingerprint density at radius 1 is 0.962 bits per heavy atom. The smallest absolute Gasteiger partial charge is 0.123 e. The molecular formula is C21H22FNO3. The van der Waals surface area contributed by atoms with Crippen LogP contribution in [0, 0.1) is 5.82 Å². The average Bonchev–Trinajstić information content (AvgIpc) is 3.16. The molecule has 1 aromatic heterocycles. The summed E-state index contributed by atoms with van der Waals surface area (Å²) in [5.41, 5.74) is 0.967. The molecule has 0 aliphatic heterocycles. The van der Waals surface area contributed by atoms with E-state index in [1.54, 1.807) is 18.4 Å². The minimum Gasteiger partial charge on any atom is -0.491 e. The number of halogens is 1. The summed E-state index contributed by atoms with van der Waals surface area (Å²) in [5, 5.41) is 10.4. The van der Waals surface area contributed by atoms with Crippen LogP contribution in [0.15, 0.2) is 77.4 Å². The van der Waals surface area contributed by atoms with Gasteiger partial charge in [0.15, 0.2) is 0 Å². The fourth-order valence-corrected chi connectivity index (χ4v) is 2.72. The number of rotatable bonds is 9. The Kier molecular flexibility index (Phi) is 6.41. The van der Waals surface area contributed by atoms with Gasteiger partial charge in [-0.15, -0.1) is 0 Å². The van der Waals surface area contributed by atoms with Gasteiger partial charge in [0, 0.05) is 13.1 Å². The fourth-order valence-electron chi connectivity index (χ4n) is 2.72. The summed E-state index contributed by atoms with van der Waals surface area (Å²) < 4.78 is 24.2. The third-order valence-electron chi connectivity index (χ3n) is 3.93. The third kappa shape index (κ3) is 5.72. The van der Waals surface area contributed by atoms with Crippen LogP contribution in [0.5, 0.6) is 5.75 Å². The van der Waals surface area contributed by atoms with E-state index in [4.69, 9.17) is 9.15 Å². The van der Waals surface area contributed by atoms with Crippen LogP contribution in [0.1, 0.15) is 11.3 Å². The zero-order valence-corrected chi connectivity index (χ0v) is 14.4. The van der Waals surface area contributed by atoms with Crippen LogP contribution in [0.3, 0.4) is 0 Å². The largest absolute Gasteiger partial charge is 0.491 e. The lowest BCUT2D eigenvalue weighted by atomic mass is 10.2. The molecule has 3 rings (SSSR count). The fraction of sp³-hybridized carbons (Fsp3) is 0.238. The van der Waals surface area contributed by atoms with Gasteiger partial charge in [-0.2, -0.15) is 0 Å². The molecule has 0 unspecified atom stereocenters. The first kappa shape index (κ1) is 18.2. The first-order chi connectivity index (χ1) is 12.7. The van der Waals surface area contributed by atoms with E-state index in [0.717, 1.165) is 17.1 Å². The summed E-state index contributed by atoms with van der Waals surface area (Å²) in [4.78, 5) is 2.05. The van der Waals surface area contributed by atoms with E-state index in [1.807, 2.05) is 47.4 Å². The van der Waals surface area contributed by atoms with Crippen molar-refractivity contribution in [3.63, 3.8) is 0 Å². The van der Waals surface area contributed by atoms with Crippen molar-refractivity contribution in [1.29, 1.82) is 0 Å². The molecule has 4 nitrogen and oxygen atoms in total. The molecule has 0 saturated carbocycles.